The number of ether oxygens (including phenoxy) is 1. The third-order valence-electron chi connectivity index (χ3n) is 3.97. The second-order valence-corrected chi connectivity index (χ2v) is 6.98. The molecule has 0 saturated carbocycles. The van der Waals surface area contributed by atoms with E-state index in [4.69, 9.17) is 4.74 Å². The smallest absolute Gasteiger partial charge is 0.410 e. The summed E-state index contributed by atoms with van der Waals surface area (Å²) in [6.07, 6.45) is 3.49. The Morgan fingerprint density at radius 1 is 1.05 bits per heavy atom. The van der Waals surface area contributed by atoms with Gasteiger partial charge in [0.15, 0.2) is 0 Å². The zero-order valence-electron chi connectivity index (χ0n) is 14.0. The van der Waals surface area contributed by atoms with Crippen LogP contribution in [0.1, 0.15) is 33.6 Å². The normalized spacial score (nSPS) is 20.3. The van der Waals surface area contributed by atoms with Gasteiger partial charge in [-0.15, -0.1) is 0 Å². The fourth-order valence-electron chi connectivity index (χ4n) is 2.70. The predicted molar refractivity (Wildman–Crippen MR) is 84.4 cm³/mol. The summed E-state index contributed by atoms with van der Waals surface area (Å²) in [5.74, 6) is 0.239. The largest absolute Gasteiger partial charge is 0.444 e. The number of amides is 2. The monoisotopic (exact) mass is 310 g/mol. The van der Waals surface area contributed by atoms with E-state index in [0.29, 0.717) is 19.5 Å². The topological polar surface area (TPSA) is 53.1 Å². The molecule has 2 aliphatic rings. The highest BCUT2D eigenvalue weighted by molar-refractivity contribution is 5.76. The first-order valence-corrected chi connectivity index (χ1v) is 8.15. The lowest BCUT2D eigenvalue weighted by molar-refractivity contribution is -0.130. The Bertz CT molecular complexity index is 392. The van der Waals surface area contributed by atoms with Gasteiger partial charge in [-0.05, 0) is 33.6 Å². The maximum Gasteiger partial charge on any atom is 0.410 e. The molecule has 6 nitrogen and oxygen atoms in total. The Kier molecular flexibility index (Phi) is 5.67. The molecule has 2 aliphatic heterocycles. The Morgan fingerprint density at radius 3 is 2.27 bits per heavy atom. The zero-order valence-corrected chi connectivity index (χ0v) is 14.0. The Morgan fingerprint density at radius 2 is 1.73 bits per heavy atom. The van der Waals surface area contributed by atoms with Crippen molar-refractivity contribution in [2.24, 2.45) is 0 Å². The molecular weight excluding hydrogens is 282 g/mol. The number of hydrogen-bond donors (Lipinski definition) is 0. The molecule has 6 heteroatoms. The summed E-state index contributed by atoms with van der Waals surface area (Å²) in [5, 5.41) is 0. The minimum absolute atomic E-state index is 0.239. The van der Waals surface area contributed by atoms with Gasteiger partial charge in [-0.2, -0.15) is 0 Å². The van der Waals surface area contributed by atoms with Gasteiger partial charge in [0.1, 0.15) is 5.60 Å². The van der Waals surface area contributed by atoms with Gasteiger partial charge in [0, 0.05) is 52.2 Å². The molecule has 0 aliphatic carbocycles. The van der Waals surface area contributed by atoms with Gasteiger partial charge in [-0.1, -0.05) is 0 Å². The number of piperazine rings is 1. The van der Waals surface area contributed by atoms with Crippen LogP contribution in [-0.2, 0) is 9.53 Å². The summed E-state index contributed by atoms with van der Waals surface area (Å²) in [4.78, 5) is 29.9. The van der Waals surface area contributed by atoms with Crippen molar-refractivity contribution >= 4 is 12.0 Å². The minimum atomic E-state index is -0.451. The molecule has 1 radical (unpaired) electrons. The number of carbonyl (C=O) groups is 2. The number of hydrogen-bond acceptors (Lipinski definition) is 4. The van der Waals surface area contributed by atoms with Crippen LogP contribution in [0.4, 0.5) is 4.79 Å². The lowest BCUT2D eigenvalue weighted by atomic mass is 10.2. The maximum atomic E-state index is 12.0. The van der Waals surface area contributed by atoms with Crippen molar-refractivity contribution in [2.75, 3.05) is 45.8 Å². The molecule has 2 fully saturated rings. The first kappa shape index (κ1) is 17.1. The van der Waals surface area contributed by atoms with Gasteiger partial charge in [-0.3, -0.25) is 9.69 Å². The first-order valence-electron chi connectivity index (χ1n) is 8.15. The minimum Gasteiger partial charge on any atom is -0.444 e. The molecule has 125 valence electrons. The fraction of sp³-hybridized carbons (Fsp3) is 0.812. The van der Waals surface area contributed by atoms with Crippen LogP contribution in [0.3, 0.4) is 0 Å². The molecule has 0 aromatic rings. The van der Waals surface area contributed by atoms with Crippen molar-refractivity contribution in [3.05, 3.63) is 6.42 Å². The van der Waals surface area contributed by atoms with E-state index in [0.717, 1.165) is 39.1 Å². The fourth-order valence-corrected chi connectivity index (χ4v) is 2.70. The van der Waals surface area contributed by atoms with E-state index in [2.05, 4.69) is 11.3 Å². The summed E-state index contributed by atoms with van der Waals surface area (Å²) in [5.41, 5.74) is -0.451. The average molecular weight is 310 g/mol. The highest BCUT2D eigenvalue weighted by Crippen LogP contribution is 2.13. The molecule has 2 heterocycles. The molecule has 2 saturated heterocycles. The van der Waals surface area contributed by atoms with Gasteiger partial charge >= 0.3 is 6.09 Å². The Hall–Kier alpha value is -1.30. The van der Waals surface area contributed by atoms with Crippen molar-refractivity contribution in [3.8, 4) is 0 Å². The van der Waals surface area contributed by atoms with Gasteiger partial charge in [0.2, 0.25) is 5.91 Å². The second-order valence-electron chi connectivity index (χ2n) is 6.98. The van der Waals surface area contributed by atoms with E-state index in [1.165, 1.54) is 0 Å². The van der Waals surface area contributed by atoms with Crippen LogP contribution in [0.15, 0.2) is 0 Å². The van der Waals surface area contributed by atoms with E-state index in [1.807, 2.05) is 25.7 Å². The van der Waals surface area contributed by atoms with Crippen LogP contribution in [0.25, 0.3) is 0 Å². The molecule has 0 atom stereocenters. The van der Waals surface area contributed by atoms with Gasteiger partial charge in [0.25, 0.3) is 0 Å². The van der Waals surface area contributed by atoms with E-state index < -0.39 is 5.60 Å². The van der Waals surface area contributed by atoms with E-state index in [9.17, 15) is 9.59 Å². The first-order chi connectivity index (χ1) is 10.3. The molecular formula is C16H28N3O3. The Balaban J connectivity index is 1.66. The lowest BCUT2D eigenvalue weighted by Gasteiger charge is -2.35. The molecule has 0 unspecified atom stereocenters. The van der Waals surface area contributed by atoms with Crippen molar-refractivity contribution in [3.63, 3.8) is 0 Å². The number of rotatable bonds is 3. The van der Waals surface area contributed by atoms with E-state index >= 15 is 0 Å². The highest BCUT2D eigenvalue weighted by atomic mass is 16.6. The van der Waals surface area contributed by atoms with Crippen molar-refractivity contribution in [1.29, 1.82) is 0 Å². The van der Waals surface area contributed by atoms with Crippen LogP contribution < -0.4 is 0 Å². The van der Waals surface area contributed by atoms with Gasteiger partial charge in [-0.25, -0.2) is 4.79 Å². The molecule has 22 heavy (non-hydrogen) atoms. The van der Waals surface area contributed by atoms with E-state index in [-0.39, 0.29) is 12.0 Å². The van der Waals surface area contributed by atoms with Crippen LogP contribution in [-0.4, -0.2) is 78.1 Å². The van der Waals surface area contributed by atoms with Crippen molar-refractivity contribution in [1.82, 2.24) is 14.7 Å². The summed E-state index contributed by atoms with van der Waals surface area (Å²) in [7, 11) is 0. The number of likely N-dealkylation sites (tertiary alicyclic amines) is 1. The second kappa shape index (κ2) is 7.31. The van der Waals surface area contributed by atoms with Crippen LogP contribution in [0, 0.1) is 6.42 Å². The van der Waals surface area contributed by atoms with Crippen LogP contribution in [0.2, 0.25) is 0 Å². The van der Waals surface area contributed by atoms with E-state index in [1.54, 1.807) is 4.90 Å². The molecule has 2 rings (SSSR count). The van der Waals surface area contributed by atoms with Gasteiger partial charge < -0.3 is 14.5 Å². The molecule has 0 N–H and O–H groups in total. The number of nitrogens with zero attached hydrogens (tertiary/aromatic N) is 3. The summed E-state index contributed by atoms with van der Waals surface area (Å²) in [6, 6.07) is 0. The number of carbonyl (C=O) groups excluding carboxylic acids is 2. The lowest BCUT2D eigenvalue weighted by Crippen LogP contribution is -2.50. The third kappa shape index (κ3) is 5.16. The van der Waals surface area contributed by atoms with Crippen LogP contribution in [0.5, 0.6) is 0 Å². The molecule has 2 amide bonds. The quantitative estimate of drug-likeness (QED) is 0.790. The average Bonchev–Trinajstić information content (AvgIpc) is 2.97. The summed E-state index contributed by atoms with van der Waals surface area (Å²) in [6.45, 7) is 11.0. The molecule has 0 bridgehead atoms. The maximum absolute atomic E-state index is 12.0. The molecule has 0 aromatic carbocycles. The Labute approximate surface area is 133 Å². The molecule has 0 aromatic heterocycles. The summed E-state index contributed by atoms with van der Waals surface area (Å²) >= 11 is 0. The molecule has 0 spiro atoms. The standard InChI is InChI=1S/C16H28N3O3/c1-16(2,3)22-15(21)19-12-10-17(11-13-19)9-6-14(20)18-7-4-5-8-18/h4H,5-13H2,1-3H3. The van der Waals surface area contributed by atoms with Crippen LogP contribution >= 0.6 is 0 Å². The SMILES string of the molecule is CC(C)(C)OC(=O)N1CCN(CCC(=O)N2C[CH]CC2)CC1. The van der Waals surface area contributed by atoms with Crippen molar-refractivity contribution in [2.45, 2.75) is 39.2 Å². The predicted octanol–water partition coefficient (Wildman–Crippen LogP) is 1.37. The van der Waals surface area contributed by atoms with Gasteiger partial charge in [0.05, 0.1) is 0 Å². The summed E-state index contributed by atoms with van der Waals surface area (Å²) < 4.78 is 5.38. The van der Waals surface area contributed by atoms with Crippen molar-refractivity contribution < 1.29 is 14.3 Å². The zero-order chi connectivity index (χ0) is 16.2. The third-order valence-corrected chi connectivity index (χ3v) is 3.97. The highest BCUT2D eigenvalue weighted by Gasteiger charge is 2.26.